The minimum atomic E-state index is -3.43. The molecule has 5 heteroatoms. The number of hydrogen-bond donors (Lipinski definition) is 2. The van der Waals surface area contributed by atoms with Crippen LogP contribution in [-0.2, 0) is 10.0 Å². The molecule has 0 aliphatic heterocycles. The monoisotopic (exact) mass is 298 g/mol. The van der Waals surface area contributed by atoms with Crippen LogP contribution in [0.1, 0.15) is 40.5 Å². The summed E-state index contributed by atoms with van der Waals surface area (Å²) in [6.45, 7) is 8.63. The van der Waals surface area contributed by atoms with Crippen molar-refractivity contribution < 1.29 is 8.42 Å². The summed E-state index contributed by atoms with van der Waals surface area (Å²) in [5.41, 5.74) is 0.671. The van der Waals surface area contributed by atoms with Gasteiger partial charge in [0.15, 0.2) is 0 Å². The Morgan fingerprint density at radius 1 is 1.10 bits per heavy atom. The van der Waals surface area contributed by atoms with E-state index in [0.29, 0.717) is 23.0 Å². The van der Waals surface area contributed by atoms with Crippen molar-refractivity contribution >= 4 is 15.7 Å². The summed E-state index contributed by atoms with van der Waals surface area (Å²) in [7, 11) is -3.43. The molecule has 1 unspecified atom stereocenters. The van der Waals surface area contributed by atoms with Gasteiger partial charge in [0, 0.05) is 12.6 Å². The van der Waals surface area contributed by atoms with E-state index in [4.69, 9.17) is 0 Å². The van der Waals surface area contributed by atoms with E-state index >= 15 is 0 Å². The highest BCUT2D eigenvalue weighted by Gasteiger charge is 2.17. The van der Waals surface area contributed by atoms with Gasteiger partial charge >= 0.3 is 0 Å². The Bertz CT molecular complexity index is 512. The Hall–Kier alpha value is -1.07. The molecule has 0 saturated carbocycles. The molecule has 0 heterocycles. The first-order chi connectivity index (χ1) is 9.36. The van der Waals surface area contributed by atoms with Gasteiger partial charge in [-0.1, -0.05) is 32.9 Å². The first-order valence-electron chi connectivity index (χ1n) is 7.22. The fourth-order valence-corrected chi connectivity index (χ4v) is 3.22. The van der Waals surface area contributed by atoms with Crippen LogP contribution in [0, 0.1) is 5.92 Å². The highest BCUT2D eigenvalue weighted by molar-refractivity contribution is 7.89. The largest absolute Gasteiger partial charge is 0.381 e. The molecular weight excluding hydrogens is 272 g/mol. The Morgan fingerprint density at radius 3 is 2.35 bits per heavy atom. The second-order valence-corrected chi connectivity index (χ2v) is 7.25. The summed E-state index contributed by atoms with van der Waals surface area (Å²) in [4.78, 5) is 0.318. The topological polar surface area (TPSA) is 58.2 Å². The Balaban J connectivity index is 2.86. The minimum absolute atomic E-state index is 0.246. The number of nitrogens with one attached hydrogen (secondary N) is 2. The van der Waals surface area contributed by atoms with Crippen LogP contribution in [0.5, 0.6) is 0 Å². The van der Waals surface area contributed by atoms with E-state index in [1.165, 1.54) is 0 Å². The lowest BCUT2D eigenvalue weighted by atomic mass is 10.0. The maximum Gasteiger partial charge on any atom is 0.242 e. The van der Waals surface area contributed by atoms with Gasteiger partial charge in [0.1, 0.15) is 4.90 Å². The van der Waals surface area contributed by atoms with Crippen molar-refractivity contribution in [2.45, 2.75) is 51.5 Å². The number of sulfonamides is 1. The molecule has 0 saturated heterocycles. The van der Waals surface area contributed by atoms with E-state index in [1.54, 1.807) is 19.1 Å². The van der Waals surface area contributed by atoms with E-state index < -0.39 is 10.0 Å². The summed E-state index contributed by atoms with van der Waals surface area (Å²) < 4.78 is 26.8. The lowest BCUT2D eigenvalue weighted by Crippen LogP contribution is -2.25. The molecule has 2 N–H and O–H groups in total. The first-order valence-corrected chi connectivity index (χ1v) is 8.70. The normalized spacial score (nSPS) is 13.4. The number of rotatable bonds is 8. The summed E-state index contributed by atoms with van der Waals surface area (Å²) >= 11 is 0. The molecule has 0 fully saturated rings. The fourth-order valence-electron chi connectivity index (χ4n) is 2.01. The zero-order valence-electron chi connectivity index (χ0n) is 12.8. The summed E-state index contributed by atoms with van der Waals surface area (Å²) in [5, 5.41) is 3.31. The van der Waals surface area contributed by atoms with Gasteiger partial charge < -0.3 is 5.32 Å². The second kappa shape index (κ2) is 7.64. The van der Waals surface area contributed by atoms with Crippen molar-refractivity contribution in [2.24, 2.45) is 5.92 Å². The smallest absolute Gasteiger partial charge is 0.242 e. The molecule has 0 aromatic heterocycles. The Morgan fingerprint density at radius 2 is 1.75 bits per heavy atom. The third kappa shape index (κ3) is 5.13. The molecule has 1 atom stereocenters. The van der Waals surface area contributed by atoms with Gasteiger partial charge in [-0.05, 0) is 37.8 Å². The van der Waals surface area contributed by atoms with Crippen LogP contribution in [0.25, 0.3) is 0 Å². The van der Waals surface area contributed by atoms with Crippen molar-refractivity contribution in [2.75, 3.05) is 11.9 Å². The SMILES string of the molecule is CCNS(=O)(=O)c1ccccc1NC(C)CCC(C)C. The van der Waals surface area contributed by atoms with Crippen LogP contribution in [0.4, 0.5) is 5.69 Å². The average Bonchev–Trinajstić information content (AvgIpc) is 2.37. The van der Waals surface area contributed by atoms with Crippen LogP contribution in [-0.4, -0.2) is 21.0 Å². The fraction of sp³-hybridized carbons (Fsp3) is 0.600. The van der Waals surface area contributed by atoms with Crippen molar-refractivity contribution in [1.82, 2.24) is 4.72 Å². The summed E-state index contributed by atoms with van der Waals surface area (Å²) in [6, 6.07) is 7.29. The van der Waals surface area contributed by atoms with Crippen molar-refractivity contribution in [1.29, 1.82) is 0 Å². The minimum Gasteiger partial charge on any atom is -0.381 e. The van der Waals surface area contributed by atoms with Crippen LogP contribution < -0.4 is 10.0 Å². The predicted molar refractivity (Wildman–Crippen MR) is 84.5 cm³/mol. The molecule has 0 radical (unpaired) electrons. The van der Waals surface area contributed by atoms with Crippen LogP contribution >= 0.6 is 0 Å². The molecule has 20 heavy (non-hydrogen) atoms. The predicted octanol–water partition coefficient (Wildman–Crippen LogP) is 3.22. The third-order valence-electron chi connectivity index (χ3n) is 3.09. The van der Waals surface area contributed by atoms with Crippen molar-refractivity contribution in [3.63, 3.8) is 0 Å². The zero-order valence-corrected chi connectivity index (χ0v) is 13.6. The molecule has 1 rings (SSSR count). The molecule has 114 valence electrons. The van der Waals surface area contributed by atoms with Gasteiger partial charge in [0.2, 0.25) is 10.0 Å². The number of benzene rings is 1. The van der Waals surface area contributed by atoms with Crippen LogP contribution in [0.2, 0.25) is 0 Å². The highest BCUT2D eigenvalue weighted by atomic mass is 32.2. The van der Waals surface area contributed by atoms with Crippen LogP contribution in [0.3, 0.4) is 0 Å². The van der Waals surface area contributed by atoms with E-state index in [-0.39, 0.29) is 6.04 Å². The van der Waals surface area contributed by atoms with Gasteiger partial charge in [-0.2, -0.15) is 0 Å². The van der Waals surface area contributed by atoms with E-state index in [0.717, 1.165) is 12.8 Å². The molecule has 4 nitrogen and oxygen atoms in total. The van der Waals surface area contributed by atoms with E-state index in [2.05, 4.69) is 30.8 Å². The Labute approximate surface area is 123 Å². The van der Waals surface area contributed by atoms with Crippen LogP contribution in [0.15, 0.2) is 29.2 Å². The standard InChI is InChI=1S/C15H26N2O2S/c1-5-16-20(18,19)15-9-7-6-8-14(15)17-13(4)11-10-12(2)3/h6-9,12-13,16-17H,5,10-11H2,1-4H3. The van der Waals surface area contributed by atoms with E-state index in [9.17, 15) is 8.42 Å². The molecule has 1 aromatic carbocycles. The van der Waals surface area contributed by atoms with Gasteiger partial charge in [-0.25, -0.2) is 13.1 Å². The third-order valence-corrected chi connectivity index (χ3v) is 4.69. The molecular formula is C15H26N2O2S. The molecule has 0 bridgehead atoms. The van der Waals surface area contributed by atoms with Gasteiger partial charge in [-0.15, -0.1) is 0 Å². The second-order valence-electron chi connectivity index (χ2n) is 5.51. The maximum atomic E-state index is 12.1. The lowest BCUT2D eigenvalue weighted by molar-refractivity contribution is 0.527. The van der Waals surface area contributed by atoms with Gasteiger partial charge in [0.25, 0.3) is 0 Å². The quantitative estimate of drug-likeness (QED) is 0.774. The molecule has 1 aromatic rings. The summed E-state index contributed by atoms with van der Waals surface area (Å²) in [5.74, 6) is 0.653. The lowest BCUT2D eigenvalue weighted by Gasteiger charge is -2.19. The van der Waals surface area contributed by atoms with Gasteiger partial charge in [0.05, 0.1) is 5.69 Å². The number of para-hydroxylation sites is 1. The van der Waals surface area contributed by atoms with Gasteiger partial charge in [-0.3, -0.25) is 0 Å². The number of anilines is 1. The molecule has 0 spiro atoms. The first kappa shape index (κ1) is 17.0. The molecule has 0 amide bonds. The Kier molecular flexibility index (Phi) is 6.49. The van der Waals surface area contributed by atoms with Crippen molar-refractivity contribution in [3.8, 4) is 0 Å². The maximum absolute atomic E-state index is 12.1. The highest BCUT2D eigenvalue weighted by Crippen LogP contribution is 2.22. The molecule has 0 aliphatic carbocycles. The summed E-state index contributed by atoms with van der Waals surface area (Å²) in [6.07, 6.45) is 2.14. The van der Waals surface area contributed by atoms with E-state index in [1.807, 2.05) is 12.1 Å². The molecule has 0 aliphatic rings. The van der Waals surface area contributed by atoms with Crippen molar-refractivity contribution in [3.05, 3.63) is 24.3 Å². The average molecular weight is 298 g/mol. The number of hydrogen-bond acceptors (Lipinski definition) is 3. The zero-order chi connectivity index (χ0) is 15.2.